The van der Waals surface area contributed by atoms with Gasteiger partial charge in [0.2, 0.25) is 0 Å². The third-order valence-corrected chi connectivity index (χ3v) is 2.68. The number of hydrogen-bond acceptors (Lipinski definition) is 4. The average Bonchev–Trinajstić information content (AvgIpc) is 2.87. The molecule has 0 unspecified atom stereocenters. The normalized spacial score (nSPS) is 11.2. The molecular formula is C15H13ClN2O2. The van der Waals surface area contributed by atoms with Crippen LogP contribution in [0.1, 0.15) is 11.1 Å². The molecule has 102 valence electrons. The van der Waals surface area contributed by atoms with Crippen LogP contribution in [0.15, 0.2) is 53.5 Å². The predicted molar refractivity (Wildman–Crippen MR) is 80.5 cm³/mol. The van der Waals surface area contributed by atoms with Gasteiger partial charge in [-0.3, -0.25) is 4.99 Å². The molecule has 0 amide bonds. The van der Waals surface area contributed by atoms with Gasteiger partial charge in [-0.05, 0) is 35.4 Å². The maximum atomic E-state index is 10.2. The number of nitrogen functional groups attached to an aromatic ring is 1. The van der Waals surface area contributed by atoms with Gasteiger partial charge in [0.05, 0.1) is 6.54 Å². The van der Waals surface area contributed by atoms with E-state index in [1.807, 2.05) is 30.5 Å². The first kappa shape index (κ1) is 14.1. The third kappa shape index (κ3) is 4.10. The Morgan fingerprint density at radius 1 is 1.20 bits per heavy atom. The lowest BCUT2D eigenvalue weighted by molar-refractivity contribution is 0.225. The molecule has 0 saturated carbocycles. The van der Waals surface area contributed by atoms with Crippen molar-refractivity contribution in [3.8, 4) is 5.75 Å². The van der Waals surface area contributed by atoms with Crippen molar-refractivity contribution in [2.75, 3.05) is 5.73 Å². The molecule has 0 atom stereocenters. The maximum Gasteiger partial charge on any atom is 0.409 e. The number of para-hydroxylation sites is 1. The number of nitrogens with two attached hydrogens (primary N) is 1. The number of fused-ring (bicyclic) bond motifs is 1. The lowest BCUT2D eigenvalue weighted by Gasteiger charge is -1.96. The zero-order valence-corrected chi connectivity index (χ0v) is 11.4. The molecule has 5 heteroatoms. The Morgan fingerprint density at radius 2 is 1.95 bits per heavy atom. The minimum Gasteiger partial charge on any atom is -0.415 e. The predicted octanol–water partition coefficient (Wildman–Crippen LogP) is 3.63. The Morgan fingerprint density at radius 3 is 2.65 bits per heavy atom. The molecule has 1 aliphatic rings. The van der Waals surface area contributed by atoms with Crippen LogP contribution in [0.2, 0.25) is 0 Å². The number of anilines is 1. The van der Waals surface area contributed by atoms with Gasteiger partial charge in [0.15, 0.2) is 0 Å². The number of hydrogen-bond donors (Lipinski definition) is 1. The highest BCUT2D eigenvalue weighted by Crippen LogP contribution is 2.16. The topological polar surface area (TPSA) is 64.7 Å². The van der Waals surface area contributed by atoms with Crippen LogP contribution in [0, 0.1) is 0 Å². The molecule has 4 nitrogen and oxygen atoms in total. The lowest BCUT2D eigenvalue weighted by Crippen LogP contribution is -1.94. The highest BCUT2D eigenvalue weighted by molar-refractivity contribution is 6.61. The van der Waals surface area contributed by atoms with Crippen molar-refractivity contribution in [1.82, 2.24) is 0 Å². The van der Waals surface area contributed by atoms with Gasteiger partial charge in [-0.15, -0.1) is 0 Å². The SMILES string of the molecule is Nc1ccc2c(c1)C=NC2.O=C(Cl)Oc1ccccc1. The zero-order valence-electron chi connectivity index (χ0n) is 10.6. The summed E-state index contributed by atoms with van der Waals surface area (Å²) in [6.07, 6.45) is 1.87. The van der Waals surface area contributed by atoms with E-state index in [4.69, 9.17) is 17.3 Å². The Hall–Kier alpha value is -2.33. The van der Waals surface area contributed by atoms with Crippen LogP contribution in [0.5, 0.6) is 5.75 Å². The van der Waals surface area contributed by atoms with Gasteiger partial charge >= 0.3 is 5.43 Å². The summed E-state index contributed by atoms with van der Waals surface area (Å²) in [5.74, 6) is 0.461. The second-order valence-corrected chi connectivity index (χ2v) is 4.39. The van der Waals surface area contributed by atoms with Crippen LogP contribution in [-0.4, -0.2) is 11.6 Å². The molecule has 0 aliphatic carbocycles. The van der Waals surface area contributed by atoms with Crippen molar-refractivity contribution in [1.29, 1.82) is 0 Å². The van der Waals surface area contributed by atoms with Gasteiger partial charge < -0.3 is 10.5 Å². The highest BCUT2D eigenvalue weighted by atomic mass is 35.5. The summed E-state index contributed by atoms with van der Waals surface area (Å²) < 4.78 is 4.54. The molecule has 0 saturated heterocycles. The summed E-state index contributed by atoms with van der Waals surface area (Å²) in [7, 11) is 0. The van der Waals surface area contributed by atoms with E-state index in [1.54, 1.807) is 24.3 Å². The van der Waals surface area contributed by atoms with Gasteiger partial charge in [-0.2, -0.15) is 0 Å². The van der Waals surface area contributed by atoms with E-state index in [9.17, 15) is 4.79 Å². The van der Waals surface area contributed by atoms with Crippen LogP contribution in [0.4, 0.5) is 10.5 Å². The number of aliphatic imine (C=N–C) groups is 1. The van der Waals surface area contributed by atoms with Crippen LogP contribution in [0.25, 0.3) is 0 Å². The van der Waals surface area contributed by atoms with Gasteiger partial charge in [0, 0.05) is 23.5 Å². The number of halogens is 1. The first-order valence-electron chi connectivity index (χ1n) is 5.96. The second kappa shape index (κ2) is 6.73. The zero-order chi connectivity index (χ0) is 14.4. The smallest absolute Gasteiger partial charge is 0.409 e. The maximum absolute atomic E-state index is 10.2. The fourth-order valence-corrected chi connectivity index (χ4v) is 1.79. The molecule has 0 aromatic heterocycles. The Kier molecular flexibility index (Phi) is 4.74. The molecule has 0 spiro atoms. The summed E-state index contributed by atoms with van der Waals surface area (Å²) in [4.78, 5) is 14.3. The summed E-state index contributed by atoms with van der Waals surface area (Å²) in [5.41, 5.74) is 8.01. The van der Waals surface area contributed by atoms with Crippen molar-refractivity contribution < 1.29 is 9.53 Å². The van der Waals surface area contributed by atoms with Crippen molar-refractivity contribution in [3.05, 3.63) is 59.7 Å². The van der Waals surface area contributed by atoms with Crippen molar-refractivity contribution in [2.45, 2.75) is 6.54 Å². The molecule has 0 radical (unpaired) electrons. The van der Waals surface area contributed by atoms with E-state index < -0.39 is 5.43 Å². The molecule has 2 aromatic rings. The minimum absolute atomic E-state index is 0.461. The molecule has 0 fully saturated rings. The monoisotopic (exact) mass is 288 g/mol. The van der Waals surface area contributed by atoms with Crippen LogP contribution in [0.3, 0.4) is 0 Å². The third-order valence-electron chi connectivity index (χ3n) is 2.60. The molecule has 1 heterocycles. The summed E-state index contributed by atoms with van der Waals surface area (Å²) in [6, 6.07) is 14.5. The minimum atomic E-state index is -0.814. The van der Waals surface area contributed by atoms with E-state index >= 15 is 0 Å². The number of nitrogens with zero attached hydrogens (tertiary/aromatic N) is 1. The van der Waals surface area contributed by atoms with E-state index in [2.05, 4.69) is 9.73 Å². The summed E-state index contributed by atoms with van der Waals surface area (Å²) in [6.45, 7) is 0.815. The van der Waals surface area contributed by atoms with Crippen molar-refractivity contribution >= 4 is 28.9 Å². The van der Waals surface area contributed by atoms with E-state index in [0.717, 1.165) is 12.2 Å². The van der Waals surface area contributed by atoms with Gasteiger partial charge in [-0.25, -0.2) is 4.79 Å². The highest BCUT2D eigenvalue weighted by Gasteiger charge is 2.04. The molecule has 3 rings (SSSR count). The largest absolute Gasteiger partial charge is 0.415 e. The molecule has 2 N–H and O–H groups in total. The van der Waals surface area contributed by atoms with E-state index in [1.165, 1.54) is 11.1 Å². The fourth-order valence-electron chi connectivity index (χ4n) is 1.70. The molecular weight excluding hydrogens is 276 g/mol. The van der Waals surface area contributed by atoms with Gasteiger partial charge in [0.25, 0.3) is 0 Å². The Labute approximate surface area is 121 Å². The molecule has 20 heavy (non-hydrogen) atoms. The Bertz CT molecular complexity index is 627. The molecule has 1 aliphatic heterocycles. The second-order valence-electron chi connectivity index (χ2n) is 4.08. The summed E-state index contributed by atoms with van der Waals surface area (Å²) >= 11 is 4.95. The lowest BCUT2D eigenvalue weighted by atomic mass is 10.1. The first-order chi connectivity index (χ1) is 9.65. The summed E-state index contributed by atoms with van der Waals surface area (Å²) in [5, 5.41) is 0. The van der Waals surface area contributed by atoms with Gasteiger partial charge in [-0.1, -0.05) is 24.3 Å². The van der Waals surface area contributed by atoms with Crippen molar-refractivity contribution in [2.24, 2.45) is 4.99 Å². The number of carbonyl (C=O) groups excluding carboxylic acids is 1. The number of carbonyl (C=O) groups is 1. The average molecular weight is 289 g/mol. The standard InChI is InChI=1S/C8H8N2.C7H5ClO2/c9-8-2-1-6-4-10-5-7(6)3-8;8-7(9)10-6-4-2-1-3-5-6/h1-3,5H,4,9H2;1-5H. The van der Waals surface area contributed by atoms with Gasteiger partial charge in [0.1, 0.15) is 5.75 Å². The number of rotatable bonds is 1. The fraction of sp³-hybridized carbons (Fsp3) is 0.0667. The van der Waals surface area contributed by atoms with Crippen LogP contribution < -0.4 is 10.5 Å². The number of ether oxygens (including phenoxy) is 1. The van der Waals surface area contributed by atoms with Crippen LogP contribution >= 0.6 is 11.6 Å². The van der Waals surface area contributed by atoms with Crippen molar-refractivity contribution in [3.63, 3.8) is 0 Å². The quantitative estimate of drug-likeness (QED) is 0.644. The van der Waals surface area contributed by atoms with E-state index in [-0.39, 0.29) is 0 Å². The molecule has 2 aromatic carbocycles. The first-order valence-corrected chi connectivity index (χ1v) is 6.33. The number of benzene rings is 2. The van der Waals surface area contributed by atoms with Crippen LogP contribution in [-0.2, 0) is 6.54 Å². The van der Waals surface area contributed by atoms with E-state index in [0.29, 0.717) is 5.75 Å². The molecule has 0 bridgehead atoms. The Balaban J connectivity index is 0.000000147.